The van der Waals surface area contributed by atoms with Crippen LogP contribution in [0.2, 0.25) is 0 Å². The third kappa shape index (κ3) is 2.03. The zero-order chi connectivity index (χ0) is 14.4. The molecule has 6 nitrogen and oxygen atoms in total. The van der Waals surface area contributed by atoms with Crippen LogP contribution >= 0.6 is 15.9 Å². The lowest BCUT2D eigenvalue weighted by molar-refractivity contribution is -0.142. The lowest BCUT2D eigenvalue weighted by atomic mass is 10.1. The highest BCUT2D eigenvalue weighted by Crippen LogP contribution is 2.47. The number of carbonyl (C=O) groups excluding carboxylic acids is 3. The number of nitrogens with zero attached hydrogens (tertiary/aromatic N) is 1. The van der Waals surface area contributed by atoms with Crippen LogP contribution in [0.4, 0.5) is 0 Å². The van der Waals surface area contributed by atoms with Gasteiger partial charge in [-0.25, -0.2) is 5.84 Å². The highest BCUT2D eigenvalue weighted by Gasteiger charge is 2.58. The summed E-state index contributed by atoms with van der Waals surface area (Å²) in [5.74, 6) is 4.31. The van der Waals surface area contributed by atoms with E-state index < -0.39 is 5.91 Å². The van der Waals surface area contributed by atoms with E-state index in [0.29, 0.717) is 16.5 Å². The van der Waals surface area contributed by atoms with Crippen LogP contribution < -0.4 is 11.3 Å². The maximum atomic E-state index is 11.9. The molecular formula is C13H12BrN3O3. The highest BCUT2D eigenvalue weighted by atomic mass is 79.9. The number of nitrogen functional groups attached to an aromatic ring is 1. The molecule has 1 aliphatic carbocycles. The van der Waals surface area contributed by atoms with Gasteiger partial charge < -0.3 is 0 Å². The van der Waals surface area contributed by atoms with Gasteiger partial charge in [0.2, 0.25) is 11.8 Å². The van der Waals surface area contributed by atoms with Crippen molar-refractivity contribution in [1.29, 1.82) is 0 Å². The minimum atomic E-state index is -0.396. The highest BCUT2D eigenvalue weighted by molar-refractivity contribution is 9.10. The molecule has 3 N–H and O–H groups in total. The first kappa shape index (κ1) is 13.3. The summed E-state index contributed by atoms with van der Waals surface area (Å²) < 4.78 is 0.666. The van der Waals surface area contributed by atoms with Gasteiger partial charge in [-0.2, -0.15) is 0 Å². The Morgan fingerprint density at radius 1 is 1.35 bits per heavy atom. The summed E-state index contributed by atoms with van der Waals surface area (Å²) in [4.78, 5) is 36.5. The Morgan fingerprint density at radius 3 is 2.55 bits per heavy atom. The number of likely N-dealkylation sites (tertiary alicyclic amines) is 1. The van der Waals surface area contributed by atoms with Gasteiger partial charge in [0.25, 0.3) is 5.91 Å². The zero-order valence-corrected chi connectivity index (χ0v) is 12.0. The van der Waals surface area contributed by atoms with E-state index in [9.17, 15) is 14.4 Å². The van der Waals surface area contributed by atoms with Crippen molar-refractivity contribution in [2.75, 3.05) is 0 Å². The fourth-order valence-corrected chi connectivity index (χ4v) is 2.98. The second-order valence-corrected chi connectivity index (χ2v) is 5.85. The van der Waals surface area contributed by atoms with Gasteiger partial charge in [0, 0.05) is 10.0 Å². The lowest BCUT2D eigenvalue weighted by Gasteiger charge is -2.17. The van der Waals surface area contributed by atoms with E-state index in [-0.39, 0.29) is 30.2 Å². The third-order valence-electron chi connectivity index (χ3n) is 3.73. The Kier molecular flexibility index (Phi) is 3.10. The maximum absolute atomic E-state index is 11.9. The summed E-state index contributed by atoms with van der Waals surface area (Å²) in [6.45, 7) is 0.232. The molecule has 0 spiro atoms. The number of benzene rings is 1. The Bertz CT molecular complexity index is 611. The number of hydrazine groups is 1. The van der Waals surface area contributed by atoms with Gasteiger partial charge in [-0.05, 0) is 24.1 Å². The standard InChI is InChI=1S/C13H12BrN3O3/c14-10-3-6(11(18)16-15)1-2-7(10)5-17-12(19)8-4-9(8)13(17)20/h1-3,8-9H,4-5,15H2,(H,16,18). The van der Waals surface area contributed by atoms with Crippen LogP contribution in [-0.2, 0) is 16.1 Å². The normalized spacial score (nSPS) is 23.8. The van der Waals surface area contributed by atoms with Gasteiger partial charge in [0.15, 0.2) is 0 Å². The number of piperidine rings is 1. The predicted octanol–water partition coefficient (Wildman–Crippen LogP) is 0.557. The summed E-state index contributed by atoms with van der Waals surface area (Å²) in [6, 6.07) is 4.93. The number of imide groups is 1. The number of hydrogen-bond donors (Lipinski definition) is 2. The quantitative estimate of drug-likeness (QED) is 0.365. The summed E-state index contributed by atoms with van der Waals surface area (Å²) in [5, 5.41) is 0. The average molecular weight is 338 g/mol. The first-order valence-corrected chi connectivity index (χ1v) is 6.97. The number of fused-ring (bicyclic) bond motifs is 1. The van der Waals surface area contributed by atoms with Crippen LogP contribution in [0.15, 0.2) is 22.7 Å². The Labute approximate surface area is 123 Å². The molecule has 7 heteroatoms. The van der Waals surface area contributed by atoms with Crippen molar-refractivity contribution in [3.05, 3.63) is 33.8 Å². The number of hydrogen-bond acceptors (Lipinski definition) is 4. The molecule has 0 bridgehead atoms. The SMILES string of the molecule is NNC(=O)c1ccc(CN2C(=O)C3CC3C2=O)c(Br)c1. The second-order valence-electron chi connectivity index (χ2n) is 4.99. The molecule has 1 aliphatic heterocycles. The predicted molar refractivity (Wildman–Crippen MR) is 72.9 cm³/mol. The molecule has 1 heterocycles. The molecule has 0 aromatic heterocycles. The van der Waals surface area contributed by atoms with Crippen molar-refractivity contribution in [1.82, 2.24) is 10.3 Å². The molecule has 2 unspecified atom stereocenters. The Hall–Kier alpha value is -1.73. The summed E-state index contributed by atoms with van der Waals surface area (Å²) >= 11 is 3.35. The summed E-state index contributed by atoms with van der Waals surface area (Å²) in [5.41, 5.74) is 3.24. The van der Waals surface area contributed by atoms with Gasteiger partial charge in [0.1, 0.15) is 0 Å². The number of amides is 3. The molecule has 104 valence electrons. The molecular weight excluding hydrogens is 326 g/mol. The number of carbonyl (C=O) groups is 3. The van der Waals surface area contributed by atoms with Gasteiger partial charge in [-0.15, -0.1) is 0 Å². The number of rotatable bonds is 3. The minimum Gasteiger partial charge on any atom is -0.290 e. The zero-order valence-electron chi connectivity index (χ0n) is 10.4. The average Bonchev–Trinajstić information content (AvgIpc) is 3.19. The monoisotopic (exact) mass is 337 g/mol. The van der Waals surface area contributed by atoms with Crippen molar-refractivity contribution in [3.8, 4) is 0 Å². The van der Waals surface area contributed by atoms with Gasteiger partial charge in [-0.1, -0.05) is 22.0 Å². The molecule has 1 saturated carbocycles. The van der Waals surface area contributed by atoms with Gasteiger partial charge >= 0.3 is 0 Å². The van der Waals surface area contributed by atoms with Crippen molar-refractivity contribution in [2.45, 2.75) is 13.0 Å². The number of nitrogens with two attached hydrogens (primary N) is 1. The molecule has 1 saturated heterocycles. The molecule has 1 aromatic rings. The Balaban J connectivity index is 1.80. The lowest BCUT2D eigenvalue weighted by Crippen LogP contribution is -2.32. The van der Waals surface area contributed by atoms with Crippen LogP contribution in [0.5, 0.6) is 0 Å². The maximum Gasteiger partial charge on any atom is 0.265 e. The first-order chi connectivity index (χ1) is 9.52. The van der Waals surface area contributed by atoms with E-state index in [0.717, 1.165) is 5.56 Å². The van der Waals surface area contributed by atoms with E-state index in [1.165, 1.54) is 4.90 Å². The van der Waals surface area contributed by atoms with Gasteiger partial charge in [-0.3, -0.25) is 24.7 Å². The number of halogens is 1. The number of nitrogens with one attached hydrogen (secondary N) is 1. The fraction of sp³-hybridized carbons (Fsp3) is 0.308. The van der Waals surface area contributed by atoms with Crippen molar-refractivity contribution < 1.29 is 14.4 Å². The van der Waals surface area contributed by atoms with Crippen LogP contribution in [-0.4, -0.2) is 22.6 Å². The molecule has 1 aromatic carbocycles. The summed E-state index contributed by atoms with van der Waals surface area (Å²) in [6.07, 6.45) is 0.699. The van der Waals surface area contributed by atoms with Crippen molar-refractivity contribution in [3.63, 3.8) is 0 Å². The minimum absolute atomic E-state index is 0.0873. The van der Waals surface area contributed by atoms with E-state index in [4.69, 9.17) is 5.84 Å². The van der Waals surface area contributed by atoms with Gasteiger partial charge in [0.05, 0.1) is 18.4 Å². The van der Waals surface area contributed by atoms with Crippen LogP contribution in [0.25, 0.3) is 0 Å². The van der Waals surface area contributed by atoms with E-state index >= 15 is 0 Å². The van der Waals surface area contributed by atoms with E-state index in [2.05, 4.69) is 15.9 Å². The largest absolute Gasteiger partial charge is 0.290 e. The Morgan fingerprint density at radius 2 is 2.00 bits per heavy atom. The third-order valence-corrected chi connectivity index (χ3v) is 4.47. The van der Waals surface area contributed by atoms with Crippen LogP contribution in [0, 0.1) is 11.8 Å². The molecule has 3 amide bonds. The molecule has 0 radical (unpaired) electrons. The smallest absolute Gasteiger partial charge is 0.265 e. The molecule has 2 aliphatic rings. The second kappa shape index (κ2) is 4.68. The molecule has 3 rings (SSSR count). The topological polar surface area (TPSA) is 92.5 Å². The van der Waals surface area contributed by atoms with Crippen molar-refractivity contribution in [2.24, 2.45) is 17.7 Å². The van der Waals surface area contributed by atoms with E-state index in [1.54, 1.807) is 18.2 Å². The van der Waals surface area contributed by atoms with Crippen LogP contribution in [0.3, 0.4) is 0 Å². The summed E-state index contributed by atoms with van der Waals surface area (Å²) in [7, 11) is 0. The van der Waals surface area contributed by atoms with Crippen molar-refractivity contribution >= 4 is 33.7 Å². The molecule has 2 atom stereocenters. The molecule has 2 fully saturated rings. The van der Waals surface area contributed by atoms with Crippen LogP contribution in [0.1, 0.15) is 22.3 Å². The first-order valence-electron chi connectivity index (χ1n) is 6.17. The molecule has 20 heavy (non-hydrogen) atoms. The fourth-order valence-electron chi connectivity index (χ4n) is 2.48. The van der Waals surface area contributed by atoms with E-state index in [1.807, 2.05) is 5.43 Å².